The number of aromatic nitrogens is 2. The second-order valence-electron chi connectivity index (χ2n) is 3.99. The van der Waals surface area contributed by atoms with Gasteiger partial charge in [0.25, 0.3) is 5.91 Å². The van der Waals surface area contributed by atoms with Gasteiger partial charge >= 0.3 is 0 Å². The Morgan fingerprint density at radius 3 is 2.39 bits per heavy atom. The smallest absolute Gasteiger partial charge is 0.253 e. The summed E-state index contributed by atoms with van der Waals surface area (Å²) in [5, 5.41) is 0. The number of imidazole rings is 1. The summed E-state index contributed by atoms with van der Waals surface area (Å²) < 4.78 is 1.91. The van der Waals surface area contributed by atoms with Crippen LogP contribution >= 0.6 is 0 Å². The summed E-state index contributed by atoms with van der Waals surface area (Å²) in [4.78, 5) is 17.9. The molecule has 2 rings (SSSR count). The van der Waals surface area contributed by atoms with Gasteiger partial charge in [0.05, 0.1) is 6.33 Å². The molecule has 0 bridgehead atoms. The van der Waals surface area contributed by atoms with Crippen molar-refractivity contribution in [2.75, 3.05) is 13.1 Å². The van der Waals surface area contributed by atoms with Crippen LogP contribution < -0.4 is 0 Å². The highest BCUT2D eigenvalue weighted by atomic mass is 16.2. The molecule has 4 heteroatoms. The molecule has 4 nitrogen and oxygen atoms in total. The number of hydrogen-bond acceptors (Lipinski definition) is 2. The summed E-state index contributed by atoms with van der Waals surface area (Å²) in [5.74, 6) is 0.0807. The molecule has 0 N–H and O–H groups in total. The van der Waals surface area contributed by atoms with Crippen molar-refractivity contribution in [3.05, 3.63) is 48.5 Å². The highest BCUT2D eigenvalue weighted by molar-refractivity contribution is 5.94. The summed E-state index contributed by atoms with van der Waals surface area (Å²) in [5.41, 5.74) is 1.73. The van der Waals surface area contributed by atoms with Gasteiger partial charge in [-0.25, -0.2) is 4.98 Å². The molecule has 1 heterocycles. The van der Waals surface area contributed by atoms with Crippen LogP contribution in [0.5, 0.6) is 0 Å². The SMILES string of the molecule is CCN(CC)C(=O)c1ccc(-n2ccnc2)cc1. The van der Waals surface area contributed by atoms with E-state index in [2.05, 4.69) is 4.98 Å². The molecule has 0 saturated heterocycles. The molecule has 1 aromatic carbocycles. The van der Waals surface area contributed by atoms with Crippen LogP contribution in [0.4, 0.5) is 0 Å². The van der Waals surface area contributed by atoms with Gasteiger partial charge < -0.3 is 9.47 Å². The van der Waals surface area contributed by atoms with E-state index in [-0.39, 0.29) is 5.91 Å². The minimum atomic E-state index is 0.0807. The average Bonchev–Trinajstić information content (AvgIpc) is 2.94. The van der Waals surface area contributed by atoms with Crippen molar-refractivity contribution in [3.63, 3.8) is 0 Å². The highest BCUT2D eigenvalue weighted by Crippen LogP contribution is 2.11. The number of amides is 1. The van der Waals surface area contributed by atoms with Gasteiger partial charge in [-0.15, -0.1) is 0 Å². The molecule has 0 aliphatic carbocycles. The summed E-state index contributed by atoms with van der Waals surface area (Å²) >= 11 is 0. The maximum absolute atomic E-state index is 12.1. The van der Waals surface area contributed by atoms with Crippen molar-refractivity contribution in [3.8, 4) is 5.69 Å². The van der Waals surface area contributed by atoms with E-state index in [1.165, 1.54) is 0 Å². The van der Waals surface area contributed by atoms with Crippen LogP contribution in [0.15, 0.2) is 43.0 Å². The quantitative estimate of drug-likeness (QED) is 0.826. The Hall–Kier alpha value is -2.10. The maximum atomic E-state index is 12.1. The van der Waals surface area contributed by atoms with Gasteiger partial charge in [-0.1, -0.05) is 0 Å². The van der Waals surface area contributed by atoms with Gasteiger partial charge in [-0.3, -0.25) is 4.79 Å². The number of carbonyl (C=O) groups is 1. The molecule has 0 aliphatic rings. The van der Waals surface area contributed by atoms with Crippen molar-refractivity contribution in [1.29, 1.82) is 0 Å². The monoisotopic (exact) mass is 243 g/mol. The number of carbonyl (C=O) groups excluding carboxylic acids is 1. The lowest BCUT2D eigenvalue weighted by Crippen LogP contribution is -2.30. The molecule has 0 unspecified atom stereocenters. The van der Waals surface area contributed by atoms with Crippen molar-refractivity contribution in [2.45, 2.75) is 13.8 Å². The molecule has 0 spiro atoms. The summed E-state index contributed by atoms with van der Waals surface area (Å²) in [6.45, 7) is 5.44. The van der Waals surface area contributed by atoms with Crippen molar-refractivity contribution >= 4 is 5.91 Å². The van der Waals surface area contributed by atoms with E-state index >= 15 is 0 Å². The van der Waals surface area contributed by atoms with Gasteiger partial charge in [0, 0.05) is 36.7 Å². The first-order valence-electron chi connectivity index (χ1n) is 6.14. The maximum Gasteiger partial charge on any atom is 0.253 e. The fourth-order valence-corrected chi connectivity index (χ4v) is 1.88. The van der Waals surface area contributed by atoms with E-state index < -0.39 is 0 Å². The molecular weight excluding hydrogens is 226 g/mol. The molecule has 0 saturated carbocycles. The van der Waals surface area contributed by atoms with Crippen molar-refractivity contribution in [1.82, 2.24) is 14.5 Å². The lowest BCUT2D eigenvalue weighted by Gasteiger charge is -2.18. The van der Waals surface area contributed by atoms with Crippen LogP contribution in [0.1, 0.15) is 24.2 Å². The molecular formula is C14H17N3O. The van der Waals surface area contributed by atoms with Crippen LogP contribution in [0.3, 0.4) is 0 Å². The zero-order valence-corrected chi connectivity index (χ0v) is 10.7. The van der Waals surface area contributed by atoms with E-state index in [1.54, 1.807) is 12.5 Å². The topological polar surface area (TPSA) is 38.1 Å². The molecule has 94 valence electrons. The Bertz CT molecular complexity index is 498. The second-order valence-corrected chi connectivity index (χ2v) is 3.99. The Kier molecular flexibility index (Phi) is 3.77. The summed E-state index contributed by atoms with van der Waals surface area (Å²) in [6.07, 6.45) is 5.34. The molecule has 0 aliphatic heterocycles. The average molecular weight is 243 g/mol. The first-order valence-corrected chi connectivity index (χ1v) is 6.14. The van der Waals surface area contributed by atoms with E-state index in [0.717, 1.165) is 24.3 Å². The van der Waals surface area contributed by atoms with Gasteiger partial charge in [0.15, 0.2) is 0 Å². The van der Waals surface area contributed by atoms with E-state index in [4.69, 9.17) is 0 Å². The normalized spacial score (nSPS) is 10.3. The molecule has 0 radical (unpaired) electrons. The molecule has 2 aromatic rings. The fraction of sp³-hybridized carbons (Fsp3) is 0.286. The first-order chi connectivity index (χ1) is 8.76. The third-order valence-electron chi connectivity index (χ3n) is 2.97. The molecule has 1 amide bonds. The standard InChI is InChI=1S/C14H17N3O/c1-3-16(4-2)14(18)12-5-7-13(8-6-12)17-10-9-15-11-17/h5-11H,3-4H2,1-2H3. The van der Waals surface area contributed by atoms with Gasteiger partial charge in [-0.05, 0) is 38.1 Å². The number of hydrogen-bond donors (Lipinski definition) is 0. The van der Waals surface area contributed by atoms with Gasteiger partial charge in [0.1, 0.15) is 0 Å². The van der Waals surface area contributed by atoms with E-state index in [9.17, 15) is 4.79 Å². The van der Waals surface area contributed by atoms with Gasteiger partial charge in [-0.2, -0.15) is 0 Å². The van der Waals surface area contributed by atoms with Crippen molar-refractivity contribution in [2.24, 2.45) is 0 Å². The number of benzene rings is 1. The van der Waals surface area contributed by atoms with Crippen LogP contribution in [0.25, 0.3) is 5.69 Å². The van der Waals surface area contributed by atoms with Gasteiger partial charge in [0.2, 0.25) is 0 Å². The first kappa shape index (κ1) is 12.4. The molecule has 1 aromatic heterocycles. The van der Waals surface area contributed by atoms with E-state index in [1.807, 2.05) is 53.8 Å². The Labute approximate surface area is 107 Å². The van der Waals surface area contributed by atoms with Crippen LogP contribution in [0.2, 0.25) is 0 Å². The molecule has 0 atom stereocenters. The second kappa shape index (κ2) is 5.49. The number of rotatable bonds is 4. The highest BCUT2D eigenvalue weighted by Gasteiger charge is 2.11. The third-order valence-corrected chi connectivity index (χ3v) is 2.97. The number of nitrogens with zero attached hydrogens (tertiary/aromatic N) is 3. The zero-order chi connectivity index (χ0) is 13.0. The fourth-order valence-electron chi connectivity index (χ4n) is 1.88. The molecule has 18 heavy (non-hydrogen) atoms. The van der Waals surface area contributed by atoms with Crippen LogP contribution in [-0.2, 0) is 0 Å². The van der Waals surface area contributed by atoms with E-state index in [0.29, 0.717) is 0 Å². The zero-order valence-electron chi connectivity index (χ0n) is 10.7. The predicted molar refractivity (Wildman–Crippen MR) is 70.8 cm³/mol. The Morgan fingerprint density at radius 1 is 1.22 bits per heavy atom. The minimum absolute atomic E-state index is 0.0807. The Morgan fingerprint density at radius 2 is 1.89 bits per heavy atom. The molecule has 0 fully saturated rings. The third kappa shape index (κ3) is 2.42. The lowest BCUT2D eigenvalue weighted by molar-refractivity contribution is 0.0773. The van der Waals surface area contributed by atoms with Crippen LogP contribution in [-0.4, -0.2) is 33.4 Å². The summed E-state index contributed by atoms with van der Waals surface area (Å²) in [7, 11) is 0. The largest absolute Gasteiger partial charge is 0.339 e. The minimum Gasteiger partial charge on any atom is -0.339 e. The summed E-state index contributed by atoms with van der Waals surface area (Å²) in [6, 6.07) is 7.57. The predicted octanol–water partition coefficient (Wildman–Crippen LogP) is 2.35. The van der Waals surface area contributed by atoms with Crippen molar-refractivity contribution < 1.29 is 4.79 Å². The Balaban J connectivity index is 2.20. The lowest BCUT2D eigenvalue weighted by atomic mass is 10.2. The van der Waals surface area contributed by atoms with Crippen LogP contribution in [0, 0.1) is 0 Å².